The van der Waals surface area contributed by atoms with Crippen LogP contribution in [0.1, 0.15) is 65.2 Å². The number of nitrogens with zero attached hydrogens (tertiary/aromatic N) is 1. The summed E-state index contributed by atoms with van der Waals surface area (Å²) in [5.41, 5.74) is 6.69. The van der Waals surface area contributed by atoms with E-state index in [2.05, 4.69) is 18.7 Å². The Labute approximate surface area is 147 Å². The van der Waals surface area contributed by atoms with Crippen LogP contribution in [0.2, 0.25) is 0 Å². The molecule has 4 heteroatoms. The van der Waals surface area contributed by atoms with Gasteiger partial charge in [0.1, 0.15) is 0 Å². The van der Waals surface area contributed by atoms with Gasteiger partial charge in [0, 0.05) is 13.1 Å². The number of amides is 1. The molecule has 0 radical (unpaired) electrons. The van der Waals surface area contributed by atoms with Crippen LogP contribution in [0.3, 0.4) is 0 Å². The number of hydrogen-bond acceptors (Lipinski definition) is 2. The molecule has 2 N–H and O–H groups in total. The summed E-state index contributed by atoms with van der Waals surface area (Å²) in [4.78, 5) is 15.7. The normalized spacial score (nSPS) is 48.2. The van der Waals surface area contributed by atoms with Crippen molar-refractivity contribution in [3.63, 3.8) is 0 Å². The average Bonchev–Trinajstić information content (AvgIpc) is 2.42. The van der Waals surface area contributed by atoms with Gasteiger partial charge >= 0.3 is 0 Å². The second kappa shape index (κ2) is 5.62. The standard InChI is InChI=1S/C19H32N2O.ClH/c1-17-6-15-7-18(2,11-17)13-19(8-15,12-17)16(22)21-5-3-4-14(9-20)10-21;/h14-15H,3-13,20H2,1-2H3;1H. The molecule has 5 fully saturated rings. The lowest BCUT2D eigenvalue weighted by Crippen LogP contribution is -2.61. The van der Waals surface area contributed by atoms with Gasteiger partial charge in [0.15, 0.2) is 0 Å². The molecular formula is C19H33ClN2O. The Balaban J connectivity index is 0.00000156. The number of carbonyl (C=O) groups excluding carboxylic acids is 1. The zero-order chi connectivity index (χ0) is 15.6. The molecular weight excluding hydrogens is 308 g/mol. The highest BCUT2D eigenvalue weighted by molar-refractivity contribution is 5.85. The van der Waals surface area contributed by atoms with Crippen LogP contribution < -0.4 is 5.73 Å². The Morgan fingerprint density at radius 2 is 1.78 bits per heavy atom. The van der Waals surface area contributed by atoms with Crippen LogP contribution >= 0.6 is 12.4 Å². The summed E-state index contributed by atoms with van der Waals surface area (Å²) in [5, 5.41) is 0. The predicted octanol–water partition coefficient (Wildman–Crippen LogP) is 3.60. The average molecular weight is 341 g/mol. The Morgan fingerprint density at radius 1 is 1.13 bits per heavy atom. The molecule has 1 aliphatic heterocycles. The van der Waals surface area contributed by atoms with Crippen molar-refractivity contribution in [3.8, 4) is 0 Å². The molecule has 3 atom stereocenters. The van der Waals surface area contributed by atoms with Crippen LogP contribution in [-0.4, -0.2) is 30.4 Å². The maximum atomic E-state index is 13.5. The lowest BCUT2D eigenvalue weighted by Gasteiger charge is -2.65. The van der Waals surface area contributed by atoms with Gasteiger partial charge in [-0.05, 0) is 80.6 Å². The number of hydrogen-bond donors (Lipinski definition) is 1. The third kappa shape index (κ3) is 2.82. The number of halogens is 1. The second-order valence-corrected chi connectivity index (χ2v) is 9.91. The van der Waals surface area contributed by atoms with E-state index in [1.54, 1.807) is 0 Å². The van der Waals surface area contributed by atoms with Crippen molar-refractivity contribution in [2.75, 3.05) is 19.6 Å². The van der Waals surface area contributed by atoms with Crippen molar-refractivity contribution < 1.29 is 4.79 Å². The van der Waals surface area contributed by atoms with E-state index in [-0.39, 0.29) is 17.8 Å². The molecule has 0 spiro atoms. The first kappa shape index (κ1) is 17.5. The van der Waals surface area contributed by atoms with Gasteiger partial charge in [-0.3, -0.25) is 4.79 Å². The molecule has 3 nitrogen and oxygen atoms in total. The molecule has 5 rings (SSSR count). The zero-order valence-electron chi connectivity index (χ0n) is 14.8. The van der Waals surface area contributed by atoms with E-state index in [4.69, 9.17) is 5.73 Å². The summed E-state index contributed by atoms with van der Waals surface area (Å²) in [6.07, 6.45) is 9.88. The fourth-order valence-electron chi connectivity index (χ4n) is 7.46. The molecule has 132 valence electrons. The van der Waals surface area contributed by atoms with E-state index >= 15 is 0 Å². The third-order valence-electron chi connectivity index (χ3n) is 7.22. The molecule has 0 aromatic rings. The Morgan fingerprint density at radius 3 is 2.35 bits per heavy atom. The number of carbonyl (C=O) groups is 1. The molecule has 3 unspecified atom stereocenters. The van der Waals surface area contributed by atoms with Crippen LogP contribution in [0.15, 0.2) is 0 Å². The first-order valence-corrected chi connectivity index (χ1v) is 9.35. The second-order valence-electron chi connectivity index (χ2n) is 9.91. The number of nitrogens with two attached hydrogens (primary N) is 1. The van der Waals surface area contributed by atoms with Crippen molar-refractivity contribution >= 4 is 18.3 Å². The van der Waals surface area contributed by atoms with Crippen molar-refractivity contribution in [2.24, 2.45) is 33.8 Å². The molecule has 1 heterocycles. The predicted molar refractivity (Wildman–Crippen MR) is 95.4 cm³/mol. The zero-order valence-corrected chi connectivity index (χ0v) is 15.6. The Bertz CT molecular complexity index is 476. The summed E-state index contributed by atoms with van der Waals surface area (Å²) in [6.45, 7) is 7.52. The highest BCUT2D eigenvalue weighted by Crippen LogP contribution is 2.69. The van der Waals surface area contributed by atoms with E-state index in [0.29, 0.717) is 22.7 Å². The van der Waals surface area contributed by atoms with Crippen molar-refractivity contribution in [2.45, 2.75) is 65.2 Å². The summed E-state index contributed by atoms with van der Waals surface area (Å²) >= 11 is 0. The molecule has 0 aromatic heterocycles. The van der Waals surface area contributed by atoms with Crippen molar-refractivity contribution in [1.82, 2.24) is 4.90 Å². The Kier molecular flexibility index (Phi) is 4.29. The van der Waals surface area contributed by atoms with E-state index in [9.17, 15) is 4.79 Å². The summed E-state index contributed by atoms with van der Waals surface area (Å²) in [6, 6.07) is 0. The quantitative estimate of drug-likeness (QED) is 0.834. The van der Waals surface area contributed by atoms with Gasteiger partial charge < -0.3 is 10.6 Å². The fourth-order valence-corrected chi connectivity index (χ4v) is 7.46. The van der Waals surface area contributed by atoms with Gasteiger partial charge in [-0.25, -0.2) is 0 Å². The molecule has 4 bridgehead atoms. The summed E-state index contributed by atoms with van der Waals surface area (Å²) in [7, 11) is 0. The molecule has 1 saturated heterocycles. The van der Waals surface area contributed by atoms with Crippen LogP contribution in [0.5, 0.6) is 0 Å². The maximum Gasteiger partial charge on any atom is 0.228 e. The SMILES string of the molecule is CC12CC3CC(C)(C1)CC(C(=O)N1CCCC(CN)C1)(C3)C2.Cl. The van der Waals surface area contributed by atoms with Crippen LogP contribution in [0, 0.1) is 28.1 Å². The van der Waals surface area contributed by atoms with Crippen molar-refractivity contribution in [1.29, 1.82) is 0 Å². The van der Waals surface area contributed by atoms with E-state index in [0.717, 1.165) is 44.8 Å². The lowest BCUT2D eigenvalue weighted by atomic mass is 9.40. The summed E-state index contributed by atoms with van der Waals surface area (Å²) in [5.74, 6) is 1.82. The molecule has 4 aliphatic carbocycles. The third-order valence-corrected chi connectivity index (χ3v) is 7.22. The molecule has 5 aliphatic rings. The Hall–Kier alpha value is -0.280. The highest BCUT2D eigenvalue weighted by Gasteiger charge is 2.63. The van der Waals surface area contributed by atoms with E-state index < -0.39 is 0 Å². The summed E-state index contributed by atoms with van der Waals surface area (Å²) < 4.78 is 0. The first-order chi connectivity index (χ1) is 10.4. The molecule has 1 amide bonds. The van der Waals surface area contributed by atoms with Gasteiger partial charge in [-0.2, -0.15) is 0 Å². The molecule has 23 heavy (non-hydrogen) atoms. The van der Waals surface area contributed by atoms with Gasteiger partial charge in [0.2, 0.25) is 5.91 Å². The minimum atomic E-state index is -0.0284. The molecule has 4 saturated carbocycles. The van der Waals surface area contributed by atoms with Gasteiger partial charge in [-0.15, -0.1) is 12.4 Å². The molecule has 0 aromatic carbocycles. The largest absolute Gasteiger partial charge is 0.342 e. The topological polar surface area (TPSA) is 46.3 Å². The number of rotatable bonds is 2. The van der Waals surface area contributed by atoms with Crippen LogP contribution in [-0.2, 0) is 4.79 Å². The van der Waals surface area contributed by atoms with E-state index in [1.165, 1.54) is 32.1 Å². The lowest BCUT2D eigenvalue weighted by molar-refractivity contribution is -0.180. The van der Waals surface area contributed by atoms with Crippen LogP contribution in [0.25, 0.3) is 0 Å². The maximum absolute atomic E-state index is 13.5. The minimum Gasteiger partial charge on any atom is -0.342 e. The fraction of sp³-hybridized carbons (Fsp3) is 0.947. The smallest absolute Gasteiger partial charge is 0.228 e. The minimum absolute atomic E-state index is 0. The van der Waals surface area contributed by atoms with Gasteiger partial charge in [0.25, 0.3) is 0 Å². The highest BCUT2D eigenvalue weighted by atomic mass is 35.5. The number of likely N-dealkylation sites (tertiary alicyclic amines) is 1. The van der Waals surface area contributed by atoms with E-state index in [1.807, 2.05) is 0 Å². The number of piperidine rings is 1. The van der Waals surface area contributed by atoms with Gasteiger partial charge in [0.05, 0.1) is 5.41 Å². The van der Waals surface area contributed by atoms with Gasteiger partial charge in [-0.1, -0.05) is 13.8 Å². The monoisotopic (exact) mass is 340 g/mol. The first-order valence-electron chi connectivity index (χ1n) is 9.35. The van der Waals surface area contributed by atoms with Crippen molar-refractivity contribution in [3.05, 3.63) is 0 Å². The van der Waals surface area contributed by atoms with Crippen LogP contribution in [0.4, 0.5) is 0 Å².